The number of halogens is 1. The molecule has 0 saturated heterocycles. The molecule has 0 fully saturated rings. The van der Waals surface area contributed by atoms with Crippen molar-refractivity contribution in [3.05, 3.63) is 53.3 Å². The van der Waals surface area contributed by atoms with Crippen LogP contribution in [0.1, 0.15) is 5.56 Å². The molecular formula is C14H12ClN5. The molecule has 0 aliphatic carbocycles. The number of rotatable bonds is 3. The number of nitrogens with one attached hydrogen (secondary N) is 1. The number of nitrogen functional groups attached to an aromatic ring is 1. The topological polar surface area (TPSA) is 76.7 Å². The Morgan fingerprint density at radius 3 is 2.65 bits per heavy atom. The summed E-state index contributed by atoms with van der Waals surface area (Å²) in [5.41, 5.74) is 6.68. The maximum Gasteiger partial charge on any atom is 0.229 e. The molecule has 1 aromatic heterocycles. The van der Waals surface area contributed by atoms with Gasteiger partial charge < -0.3 is 11.1 Å². The van der Waals surface area contributed by atoms with Gasteiger partial charge in [0.25, 0.3) is 0 Å². The van der Waals surface area contributed by atoms with E-state index in [1.165, 1.54) is 10.8 Å². The average Bonchev–Trinajstić information content (AvgIpc) is 2.44. The van der Waals surface area contributed by atoms with Gasteiger partial charge in [-0.1, -0.05) is 42.5 Å². The van der Waals surface area contributed by atoms with E-state index in [0.717, 1.165) is 5.56 Å². The summed E-state index contributed by atoms with van der Waals surface area (Å²) < 4.78 is 0. The van der Waals surface area contributed by atoms with Gasteiger partial charge >= 0.3 is 0 Å². The monoisotopic (exact) mass is 285 g/mol. The van der Waals surface area contributed by atoms with Gasteiger partial charge in [0.05, 0.1) is 0 Å². The molecule has 0 spiro atoms. The number of fused-ring (bicyclic) bond motifs is 1. The molecule has 20 heavy (non-hydrogen) atoms. The lowest BCUT2D eigenvalue weighted by molar-refractivity contribution is 1.02. The van der Waals surface area contributed by atoms with Crippen LogP contribution < -0.4 is 11.1 Å². The minimum Gasteiger partial charge on any atom is -0.368 e. The molecule has 6 heteroatoms. The van der Waals surface area contributed by atoms with Gasteiger partial charge in [-0.05, 0) is 27.9 Å². The summed E-state index contributed by atoms with van der Waals surface area (Å²) in [7, 11) is 0. The van der Waals surface area contributed by atoms with Crippen molar-refractivity contribution in [3.8, 4) is 0 Å². The van der Waals surface area contributed by atoms with Gasteiger partial charge in [-0.25, -0.2) is 0 Å². The first kappa shape index (κ1) is 12.6. The molecule has 0 saturated carbocycles. The molecule has 0 aliphatic rings. The molecule has 0 bridgehead atoms. The fourth-order valence-corrected chi connectivity index (χ4v) is 2.23. The highest BCUT2D eigenvalue weighted by molar-refractivity contribution is 6.28. The third-order valence-electron chi connectivity index (χ3n) is 2.94. The van der Waals surface area contributed by atoms with Gasteiger partial charge in [0.15, 0.2) is 0 Å². The van der Waals surface area contributed by atoms with Crippen molar-refractivity contribution >= 4 is 34.3 Å². The summed E-state index contributed by atoms with van der Waals surface area (Å²) in [4.78, 5) is 11.7. The van der Waals surface area contributed by atoms with E-state index >= 15 is 0 Å². The van der Waals surface area contributed by atoms with Crippen LogP contribution in [0, 0.1) is 0 Å². The molecule has 1 heterocycles. The van der Waals surface area contributed by atoms with Gasteiger partial charge in [-0.2, -0.15) is 15.0 Å². The maximum absolute atomic E-state index is 5.74. The summed E-state index contributed by atoms with van der Waals surface area (Å²) in [5.74, 6) is 0.473. The SMILES string of the molecule is Nc1nc(Cl)nc(NCc2cccc3ccccc23)n1. The van der Waals surface area contributed by atoms with Crippen LogP contribution in [0.4, 0.5) is 11.9 Å². The highest BCUT2D eigenvalue weighted by atomic mass is 35.5. The number of hydrogen-bond acceptors (Lipinski definition) is 5. The zero-order chi connectivity index (χ0) is 13.9. The summed E-state index contributed by atoms with van der Waals surface area (Å²) in [6, 6.07) is 14.4. The second kappa shape index (κ2) is 5.30. The molecule has 0 aliphatic heterocycles. The normalized spacial score (nSPS) is 10.7. The van der Waals surface area contributed by atoms with E-state index in [4.69, 9.17) is 17.3 Å². The summed E-state index contributed by atoms with van der Waals surface area (Å²) >= 11 is 5.74. The molecule has 0 radical (unpaired) electrons. The van der Waals surface area contributed by atoms with E-state index in [2.05, 4.69) is 44.5 Å². The summed E-state index contributed by atoms with van der Waals surface area (Å²) in [6.45, 7) is 0.584. The van der Waals surface area contributed by atoms with Crippen LogP contribution in [0.5, 0.6) is 0 Å². The van der Waals surface area contributed by atoms with Crippen LogP contribution >= 0.6 is 11.6 Å². The molecular weight excluding hydrogens is 274 g/mol. The first-order valence-corrected chi connectivity index (χ1v) is 6.48. The van der Waals surface area contributed by atoms with E-state index in [1.54, 1.807) is 0 Å². The second-order valence-corrected chi connectivity index (χ2v) is 4.62. The first-order valence-electron chi connectivity index (χ1n) is 6.10. The van der Waals surface area contributed by atoms with E-state index in [0.29, 0.717) is 12.5 Å². The van der Waals surface area contributed by atoms with Crippen molar-refractivity contribution in [1.29, 1.82) is 0 Å². The van der Waals surface area contributed by atoms with Gasteiger partial charge in [0.1, 0.15) is 0 Å². The zero-order valence-corrected chi connectivity index (χ0v) is 11.3. The Labute approximate surface area is 120 Å². The molecule has 5 nitrogen and oxygen atoms in total. The number of nitrogens with zero attached hydrogens (tertiary/aromatic N) is 3. The van der Waals surface area contributed by atoms with Crippen LogP contribution in [-0.2, 0) is 6.54 Å². The zero-order valence-electron chi connectivity index (χ0n) is 10.5. The lowest BCUT2D eigenvalue weighted by atomic mass is 10.0. The van der Waals surface area contributed by atoms with E-state index < -0.39 is 0 Å². The fourth-order valence-electron chi connectivity index (χ4n) is 2.07. The van der Waals surface area contributed by atoms with Crippen molar-refractivity contribution in [1.82, 2.24) is 15.0 Å². The largest absolute Gasteiger partial charge is 0.368 e. The number of aromatic nitrogens is 3. The number of hydrogen-bond donors (Lipinski definition) is 2. The van der Waals surface area contributed by atoms with Crippen LogP contribution in [0.25, 0.3) is 10.8 Å². The Morgan fingerprint density at radius 2 is 1.80 bits per heavy atom. The molecule has 2 aromatic carbocycles. The Balaban J connectivity index is 1.87. The van der Waals surface area contributed by atoms with Crippen LogP contribution in [0.3, 0.4) is 0 Å². The molecule has 0 amide bonds. The lowest BCUT2D eigenvalue weighted by Crippen LogP contribution is -2.07. The minimum absolute atomic E-state index is 0.0814. The van der Waals surface area contributed by atoms with Gasteiger partial charge in [-0.3, -0.25) is 0 Å². The fraction of sp³-hybridized carbons (Fsp3) is 0.0714. The predicted octanol–water partition coefficient (Wildman–Crippen LogP) is 2.87. The minimum atomic E-state index is 0.0814. The van der Waals surface area contributed by atoms with Crippen molar-refractivity contribution in [2.75, 3.05) is 11.1 Å². The van der Waals surface area contributed by atoms with E-state index in [1.807, 2.05) is 18.2 Å². The molecule has 3 rings (SSSR count). The van der Waals surface area contributed by atoms with Crippen LogP contribution in [0.2, 0.25) is 5.28 Å². The molecule has 3 N–H and O–H groups in total. The number of nitrogens with two attached hydrogens (primary N) is 1. The third kappa shape index (κ3) is 2.62. The maximum atomic E-state index is 5.74. The molecule has 0 atom stereocenters. The smallest absolute Gasteiger partial charge is 0.229 e. The standard InChI is InChI=1S/C14H12ClN5/c15-12-18-13(16)20-14(19-12)17-8-10-6-3-5-9-4-1-2-7-11(9)10/h1-7H,8H2,(H3,16,17,18,19,20). The predicted molar refractivity (Wildman–Crippen MR) is 80.5 cm³/mol. The van der Waals surface area contributed by atoms with Gasteiger partial charge in [0.2, 0.25) is 17.2 Å². The lowest BCUT2D eigenvalue weighted by Gasteiger charge is -2.08. The van der Waals surface area contributed by atoms with Crippen LogP contribution in [-0.4, -0.2) is 15.0 Å². The number of anilines is 2. The molecule has 0 unspecified atom stereocenters. The Bertz CT molecular complexity index is 734. The first-order chi connectivity index (χ1) is 9.72. The average molecular weight is 286 g/mol. The summed E-state index contributed by atoms with van der Waals surface area (Å²) in [6.07, 6.45) is 0. The molecule has 100 valence electrons. The highest BCUT2D eigenvalue weighted by Crippen LogP contribution is 2.19. The van der Waals surface area contributed by atoms with E-state index in [-0.39, 0.29) is 11.2 Å². The Hall–Kier alpha value is -2.40. The van der Waals surface area contributed by atoms with Gasteiger partial charge in [-0.15, -0.1) is 0 Å². The Morgan fingerprint density at radius 1 is 1.00 bits per heavy atom. The Kier molecular flexibility index (Phi) is 3.35. The number of benzene rings is 2. The van der Waals surface area contributed by atoms with Gasteiger partial charge in [0, 0.05) is 6.54 Å². The van der Waals surface area contributed by atoms with Crippen molar-refractivity contribution < 1.29 is 0 Å². The van der Waals surface area contributed by atoms with E-state index in [9.17, 15) is 0 Å². The van der Waals surface area contributed by atoms with Crippen molar-refractivity contribution in [2.45, 2.75) is 6.54 Å². The van der Waals surface area contributed by atoms with Crippen molar-refractivity contribution in [3.63, 3.8) is 0 Å². The third-order valence-corrected chi connectivity index (χ3v) is 3.11. The van der Waals surface area contributed by atoms with Crippen molar-refractivity contribution in [2.24, 2.45) is 0 Å². The quantitative estimate of drug-likeness (QED) is 0.774. The summed E-state index contributed by atoms with van der Waals surface area (Å²) in [5, 5.41) is 5.57. The molecule has 3 aromatic rings. The highest BCUT2D eigenvalue weighted by Gasteiger charge is 2.04. The van der Waals surface area contributed by atoms with Crippen LogP contribution in [0.15, 0.2) is 42.5 Å². The second-order valence-electron chi connectivity index (χ2n) is 4.28.